The van der Waals surface area contributed by atoms with Crippen LogP contribution in [-0.4, -0.2) is 9.78 Å². The fourth-order valence-electron chi connectivity index (χ4n) is 2.39. The third-order valence-electron chi connectivity index (χ3n) is 3.60. The molecule has 0 aliphatic carbocycles. The third kappa shape index (κ3) is 3.04. The summed E-state index contributed by atoms with van der Waals surface area (Å²) in [7, 11) is 0. The van der Waals surface area contributed by atoms with Crippen LogP contribution in [0.1, 0.15) is 42.4 Å². The SMILES string of the molecule is CCc1cc(C(N)Cc2ccccc2C)n(CC)n1. The molecule has 0 fully saturated rings. The molecule has 0 amide bonds. The molecule has 1 aromatic heterocycles. The summed E-state index contributed by atoms with van der Waals surface area (Å²) in [5.74, 6) is 0. The zero-order valence-electron chi connectivity index (χ0n) is 12.1. The summed E-state index contributed by atoms with van der Waals surface area (Å²) in [4.78, 5) is 0. The minimum Gasteiger partial charge on any atom is -0.322 e. The Morgan fingerprint density at radius 1 is 1.26 bits per heavy atom. The van der Waals surface area contributed by atoms with Gasteiger partial charge in [-0.25, -0.2) is 0 Å². The molecule has 2 aromatic rings. The number of aryl methyl sites for hydroxylation is 3. The second-order valence-corrected chi connectivity index (χ2v) is 4.97. The van der Waals surface area contributed by atoms with Gasteiger partial charge in [0, 0.05) is 6.54 Å². The van der Waals surface area contributed by atoms with Crippen LogP contribution in [0.5, 0.6) is 0 Å². The number of nitrogens with zero attached hydrogens (tertiary/aromatic N) is 2. The molecule has 1 atom stereocenters. The molecule has 1 heterocycles. The van der Waals surface area contributed by atoms with Gasteiger partial charge in [0.1, 0.15) is 0 Å². The van der Waals surface area contributed by atoms with E-state index in [1.807, 2.05) is 4.68 Å². The predicted molar refractivity (Wildman–Crippen MR) is 79.1 cm³/mol. The average molecular weight is 257 g/mol. The van der Waals surface area contributed by atoms with E-state index in [1.54, 1.807) is 0 Å². The molecule has 1 aromatic carbocycles. The lowest BCUT2D eigenvalue weighted by atomic mass is 9.99. The smallest absolute Gasteiger partial charge is 0.0625 e. The van der Waals surface area contributed by atoms with Crippen LogP contribution < -0.4 is 5.73 Å². The third-order valence-corrected chi connectivity index (χ3v) is 3.60. The van der Waals surface area contributed by atoms with Crippen molar-refractivity contribution in [1.29, 1.82) is 0 Å². The van der Waals surface area contributed by atoms with Crippen LogP contribution in [0.25, 0.3) is 0 Å². The van der Waals surface area contributed by atoms with Gasteiger partial charge in [-0.3, -0.25) is 4.68 Å². The van der Waals surface area contributed by atoms with Gasteiger partial charge in [0.25, 0.3) is 0 Å². The number of aromatic nitrogens is 2. The Kier molecular flexibility index (Phi) is 4.38. The maximum atomic E-state index is 6.38. The van der Waals surface area contributed by atoms with Gasteiger partial charge in [0.2, 0.25) is 0 Å². The van der Waals surface area contributed by atoms with Gasteiger partial charge in [-0.2, -0.15) is 5.10 Å². The Morgan fingerprint density at radius 3 is 2.63 bits per heavy atom. The van der Waals surface area contributed by atoms with Gasteiger partial charge in [0.05, 0.1) is 17.4 Å². The molecule has 102 valence electrons. The van der Waals surface area contributed by atoms with Crippen molar-refractivity contribution >= 4 is 0 Å². The van der Waals surface area contributed by atoms with Gasteiger partial charge in [-0.1, -0.05) is 31.2 Å². The number of rotatable bonds is 5. The summed E-state index contributed by atoms with van der Waals surface area (Å²) < 4.78 is 2.03. The molecule has 0 saturated heterocycles. The van der Waals surface area contributed by atoms with Crippen molar-refractivity contribution in [3.05, 3.63) is 52.8 Å². The van der Waals surface area contributed by atoms with E-state index >= 15 is 0 Å². The molecule has 2 N–H and O–H groups in total. The molecule has 0 radical (unpaired) electrons. The van der Waals surface area contributed by atoms with Gasteiger partial charge in [0.15, 0.2) is 0 Å². The number of nitrogens with two attached hydrogens (primary N) is 1. The minimum absolute atomic E-state index is 0.00819. The van der Waals surface area contributed by atoms with Crippen molar-refractivity contribution in [2.75, 3.05) is 0 Å². The van der Waals surface area contributed by atoms with E-state index in [9.17, 15) is 0 Å². The summed E-state index contributed by atoms with van der Waals surface area (Å²) in [6.07, 6.45) is 1.82. The van der Waals surface area contributed by atoms with Crippen LogP contribution in [0.15, 0.2) is 30.3 Å². The molecule has 0 saturated carbocycles. The largest absolute Gasteiger partial charge is 0.322 e. The van der Waals surface area contributed by atoms with Crippen molar-refractivity contribution in [1.82, 2.24) is 9.78 Å². The van der Waals surface area contributed by atoms with Gasteiger partial charge in [-0.15, -0.1) is 0 Å². The van der Waals surface area contributed by atoms with Crippen LogP contribution in [0, 0.1) is 6.92 Å². The van der Waals surface area contributed by atoms with Crippen molar-refractivity contribution in [3.8, 4) is 0 Å². The Hall–Kier alpha value is -1.61. The van der Waals surface area contributed by atoms with Crippen LogP contribution in [0.2, 0.25) is 0 Å². The Bertz CT molecular complexity index is 543. The van der Waals surface area contributed by atoms with Crippen molar-refractivity contribution in [2.24, 2.45) is 5.73 Å². The van der Waals surface area contributed by atoms with Crippen LogP contribution in [0.4, 0.5) is 0 Å². The van der Waals surface area contributed by atoms with E-state index in [-0.39, 0.29) is 6.04 Å². The molecular weight excluding hydrogens is 234 g/mol. The molecule has 0 spiro atoms. The van der Waals surface area contributed by atoms with E-state index in [4.69, 9.17) is 5.73 Å². The molecule has 0 aliphatic rings. The van der Waals surface area contributed by atoms with Gasteiger partial charge < -0.3 is 5.73 Å². The Labute approximate surface area is 115 Å². The molecule has 3 heteroatoms. The first-order valence-corrected chi connectivity index (χ1v) is 7.02. The summed E-state index contributed by atoms with van der Waals surface area (Å²) >= 11 is 0. The van der Waals surface area contributed by atoms with E-state index in [2.05, 4.69) is 56.2 Å². The van der Waals surface area contributed by atoms with E-state index in [0.29, 0.717) is 0 Å². The maximum absolute atomic E-state index is 6.38. The number of benzene rings is 1. The zero-order chi connectivity index (χ0) is 13.8. The van der Waals surface area contributed by atoms with Crippen molar-refractivity contribution in [2.45, 2.75) is 46.2 Å². The molecule has 0 bridgehead atoms. The lowest BCUT2D eigenvalue weighted by Crippen LogP contribution is -2.18. The first-order valence-electron chi connectivity index (χ1n) is 7.02. The highest BCUT2D eigenvalue weighted by Crippen LogP contribution is 2.19. The van der Waals surface area contributed by atoms with Crippen LogP contribution >= 0.6 is 0 Å². The molecule has 19 heavy (non-hydrogen) atoms. The Balaban J connectivity index is 2.22. The van der Waals surface area contributed by atoms with Gasteiger partial charge >= 0.3 is 0 Å². The van der Waals surface area contributed by atoms with Crippen molar-refractivity contribution < 1.29 is 0 Å². The molecule has 2 rings (SSSR count). The summed E-state index contributed by atoms with van der Waals surface area (Å²) in [5.41, 5.74) is 11.3. The fraction of sp³-hybridized carbons (Fsp3) is 0.438. The Morgan fingerprint density at radius 2 is 2.00 bits per heavy atom. The number of hydrogen-bond donors (Lipinski definition) is 1. The molecular formula is C16H23N3. The van der Waals surface area contributed by atoms with Gasteiger partial charge in [-0.05, 0) is 43.9 Å². The molecule has 3 nitrogen and oxygen atoms in total. The second kappa shape index (κ2) is 6.02. The van der Waals surface area contributed by atoms with E-state index < -0.39 is 0 Å². The fourth-order valence-corrected chi connectivity index (χ4v) is 2.39. The molecule has 0 aliphatic heterocycles. The number of hydrogen-bond acceptors (Lipinski definition) is 2. The molecule has 1 unspecified atom stereocenters. The lowest BCUT2D eigenvalue weighted by molar-refractivity contribution is 0.564. The van der Waals surface area contributed by atoms with Crippen molar-refractivity contribution in [3.63, 3.8) is 0 Å². The first kappa shape index (κ1) is 13.8. The highest BCUT2D eigenvalue weighted by atomic mass is 15.3. The zero-order valence-corrected chi connectivity index (χ0v) is 12.1. The van der Waals surface area contributed by atoms with Crippen LogP contribution in [-0.2, 0) is 19.4 Å². The second-order valence-electron chi connectivity index (χ2n) is 4.97. The first-order chi connectivity index (χ1) is 9.15. The van der Waals surface area contributed by atoms with E-state index in [0.717, 1.165) is 30.8 Å². The highest BCUT2D eigenvalue weighted by molar-refractivity contribution is 5.28. The quantitative estimate of drug-likeness (QED) is 0.894. The lowest BCUT2D eigenvalue weighted by Gasteiger charge is -2.14. The summed E-state index contributed by atoms with van der Waals surface area (Å²) in [5, 5.41) is 4.57. The maximum Gasteiger partial charge on any atom is 0.0625 e. The minimum atomic E-state index is 0.00819. The average Bonchev–Trinajstić information content (AvgIpc) is 2.84. The monoisotopic (exact) mass is 257 g/mol. The standard InChI is InChI=1S/C16H23N3/c1-4-14-11-16(19(5-2)18-14)15(17)10-13-9-7-6-8-12(13)3/h6-9,11,15H,4-5,10,17H2,1-3H3. The highest BCUT2D eigenvalue weighted by Gasteiger charge is 2.14. The van der Waals surface area contributed by atoms with Crippen LogP contribution in [0.3, 0.4) is 0 Å². The van der Waals surface area contributed by atoms with E-state index in [1.165, 1.54) is 11.1 Å². The summed E-state index contributed by atoms with van der Waals surface area (Å²) in [6, 6.07) is 10.6. The summed E-state index contributed by atoms with van der Waals surface area (Å²) in [6.45, 7) is 7.24. The predicted octanol–water partition coefficient (Wildman–Crippen LogP) is 3.02. The topological polar surface area (TPSA) is 43.8 Å². The normalized spacial score (nSPS) is 12.6.